The number of unbranched alkanes of at least 4 members (excludes halogenated alkanes) is 2. The Kier molecular flexibility index (Phi) is 8.83. The van der Waals surface area contributed by atoms with E-state index in [0.717, 1.165) is 5.33 Å². The van der Waals surface area contributed by atoms with Crippen molar-refractivity contribution in [3.63, 3.8) is 0 Å². The summed E-state index contributed by atoms with van der Waals surface area (Å²) in [6.45, 7) is 9.37. The average molecular weight is 278 g/mol. The van der Waals surface area contributed by atoms with Crippen LogP contribution in [0.25, 0.3) is 0 Å². The van der Waals surface area contributed by atoms with Gasteiger partial charge in [-0.05, 0) is 38.3 Å². The SMILES string of the molecule is CCCCCN(C)CC(CC)(CC)CBr. The fourth-order valence-electron chi connectivity index (χ4n) is 1.99. The van der Waals surface area contributed by atoms with Gasteiger partial charge in [-0.1, -0.05) is 49.5 Å². The van der Waals surface area contributed by atoms with Crippen molar-refractivity contribution in [1.29, 1.82) is 0 Å². The van der Waals surface area contributed by atoms with Gasteiger partial charge in [-0.25, -0.2) is 0 Å². The van der Waals surface area contributed by atoms with Crippen molar-refractivity contribution in [3.05, 3.63) is 0 Å². The zero-order valence-corrected chi connectivity index (χ0v) is 12.6. The quantitative estimate of drug-likeness (QED) is 0.449. The monoisotopic (exact) mass is 277 g/mol. The highest BCUT2D eigenvalue weighted by Gasteiger charge is 2.25. The molecule has 92 valence electrons. The van der Waals surface area contributed by atoms with E-state index in [1.165, 1.54) is 45.2 Å². The van der Waals surface area contributed by atoms with Gasteiger partial charge >= 0.3 is 0 Å². The molecular formula is C13H28BrN. The summed E-state index contributed by atoms with van der Waals surface area (Å²) in [5.74, 6) is 0. The van der Waals surface area contributed by atoms with Gasteiger partial charge in [-0.3, -0.25) is 0 Å². The normalized spacial score (nSPS) is 12.4. The molecule has 0 heterocycles. The van der Waals surface area contributed by atoms with Crippen molar-refractivity contribution in [3.8, 4) is 0 Å². The fraction of sp³-hybridized carbons (Fsp3) is 1.00. The molecule has 2 heteroatoms. The summed E-state index contributed by atoms with van der Waals surface area (Å²) in [7, 11) is 2.26. The molecule has 0 unspecified atom stereocenters. The highest BCUT2D eigenvalue weighted by Crippen LogP contribution is 2.29. The van der Waals surface area contributed by atoms with Crippen molar-refractivity contribution in [2.45, 2.75) is 52.9 Å². The highest BCUT2D eigenvalue weighted by atomic mass is 79.9. The number of nitrogens with zero attached hydrogens (tertiary/aromatic N) is 1. The lowest BCUT2D eigenvalue weighted by atomic mass is 9.84. The lowest BCUT2D eigenvalue weighted by molar-refractivity contribution is 0.183. The molecule has 1 nitrogen and oxygen atoms in total. The van der Waals surface area contributed by atoms with Crippen LogP contribution in [0.5, 0.6) is 0 Å². The predicted octanol–water partition coefficient (Wildman–Crippen LogP) is 4.31. The molecule has 0 amide bonds. The second kappa shape index (κ2) is 8.58. The Labute approximate surface area is 105 Å². The van der Waals surface area contributed by atoms with Crippen LogP contribution in [0.2, 0.25) is 0 Å². The molecule has 0 aliphatic rings. The van der Waals surface area contributed by atoms with Crippen LogP contribution in [0.3, 0.4) is 0 Å². The molecule has 0 radical (unpaired) electrons. The lowest BCUT2D eigenvalue weighted by Crippen LogP contribution is -2.36. The molecule has 0 fully saturated rings. The van der Waals surface area contributed by atoms with E-state index in [-0.39, 0.29) is 0 Å². The molecule has 0 aromatic heterocycles. The third-order valence-corrected chi connectivity index (χ3v) is 4.72. The van der Waals surface area contributed by atoms with E-state index >= 15 is 0 Å². The van der Waals surface area contributed by atoms with E-state index in [0.29, 0.717) is 5.41 Å². The van der Waals surface area contributed by atoms with Gasteiger partial charge in [0, 0.05) is 11.9 Å². The van der Waals surface area contributed by atoms with E-state index in [4.69, 9.17) is 0 Å². The van der Waals surface area contributed by atoms with E-state index in [1.807, 2.05) is 0 Å². The van der Waals surface area contributed by atoms with Gasteiger partial charge in [0.15, 0.2) is 0 Å². The molecule has 15 heavy (non-hydrogen) atoms. The first kappa shape index (κ1) is 15.4. The highest BCUT2D eigenvalue weighted by molar-refractivity contribution is 9.09. The van der Waals surface area contributed by atoms with Gasteiger partial charge < -0.3 is 4.90 Å². The third-order valence-electron chi connectivity index (χ3n) is 3.53. The van der Waals surface area contributed by atoms with Gasteiger partial charge in [0.2, 0.25) is 0 Å². The number of halogens is 1. The third kappa shape index (κ3) is 5.91. The molecule has 0 rings (SSSR count). The van der Waals surface area contributed by atoms with Gasteiger partial charge in [0.1, 0.15) is 0 Å². The maximum absolute atomic E-state index is 3.68. The van der Waals surface area contributed by atoms with Crippen molar-refractivity contribution in [2.75, 3.05) is 25.5 Å². The summed E-state index contributed by atoms with van der Waals surface area (Å²) in [4.78, 5) is 2.50. The molecule has 0 N–H and O–H groups in total. The summed E-state index contributed by atoms with van der Waals surface area (Å²) >= 11 is 3.68. The first-order valence-corrected chi connectivity index (χ1v) is 7.50. The van der Waals surface area contributed by atoms with Crippen LogP contribution in [-0.2, 0) is 0 Å². The number of hydrogen-bond acceptors (Lipinski definition) is 1. The van der Waals surface area contributed by atoms with Crippen molar-refractivity contribution < 1.29 is 0 Å². The summed E-state index contributed by atoms with van der Waals surface area (Å²) in [6.07, 6.45) is 6.57. The van der Waals surface area contributed by atoms with Gasteiger partial charge in [-0.2, -0.15) is 0 Å². The van der Waals surface area contributed by atoms with Crippen LogP contribution < -0.4 is 0 Å². The van der Waals surface area contributed by atoms with E-state index in [1.54, 1.807) is 0 Å². The molecule has 0 spiro atoms. The maximum atomic E-state index is 3.68. The Hall–Kier alpha value is 0.440. The zero-order chi connectivity index (χ0) is 11.7. The number of alkyl halides is 1. The van der Waals surface area contributed by atoms with Crippen molar-refractivity contribution in [2.24, 2.45) is 5.41 Å². The second-order valence-electron chi connectivity index (χ2n) is 4.79. The molecule has 0 saturated heterocycles. The smallest absolute Gasteiger partial charge is 0.01000 e. The van der Waals surface area contributed by atoms with E-state index in [2.05, 4.69) is 48.6 Å². The minimum atomic E-state index is 0.487. The molecular weight excluding hydrogens is 250 g/mol. The lowest BCUT2D eigenvalue weighted by Gasteiger charge is -2.34. The van der Waals surface area contributed by atoms with Crippen LogP contribution in [-0.4, -0.2) is 30.4 Å². The summed E-state index contributed by atoms with van der Waals surface area (Å²) < 4.78 is 0. The van der Waals surface area contributed by atoms with Crippen molar-refractivity contribution >= 4 is 15.9 Å². The molecule has 0 bridgehead atoms. The van der Waals surface area contributed by atoms with Crippen LogP contribution in [0.15, 0.2) is 0 Å². The molecule has 0 aromatic carbocycles. The second-order valence-corrected chi connectivity index (χ2v) is 5.35. The molecule has 0 saturated carbocycles. The summed E-state index contributed by atoms with van der Waals surface area (Å²) in [5.41, 5.74) is 0.487. The van der Waals surface area contributed by atoms with E-state index < -0.39 is 0 Å². The number of hydrogen-bond donors (Lipinski definition) is 0. The average Bonchev–Trinajstić information content (AvgIpc) is 2.26. The first-order valence-electron chi connectivity index (χ1n) is 6.38. The molecule has 0 aliphatic carbocycles. The van der Waals surface area contributed by atoms with E-state index in [9.17, 15) is 0 Å². The zero-order valence-electron chi connectivity index (χ0n) is 11.0. The molecule has 0 atom stereocenters. The fourth-order valence-corrected chi connectivity index (χ4v) is 2.96. The minimum absolute atomic E-state index is 0.487. The standard InChI is InChI=1S/C13H28BrN/c1-5-8-9-10-15(4)12-13(6-2,7-3)11-14/h5-12H2,1-4H3. The van der Waals surface area contributed by atoms with Crippen LogP contribution in [0.4, 0.5) is 0 Å². The summed E-state index contributed by atoms with van der Waals surface area (Å²) in [6, 6.07) is 0. The Bertz CT molecular complexity index is 135. The summed E-state index contributed by atoms with van der Waals surface area (Å²) in [5, 5.41) is 1.13. The minimum Gasteiger partial charge on any atom is -0.306 e. The molecule has 0 aliphatic heterocycles. The Balaban J connectivity index is 3.94. The van der Waals surface area contributed by atoms with Crippen LogP contribution >= 0.6 is 15.9 Å². The Morgan fingerprint density at radius 3 is 2.07 bits per heavy atom. The predicted molar refractivity (Wildman–Crippen MR) is 73.8 cm³/mol. The number of rotatable bonds is 9. The largest absolute Gasteiger partial charge is 0.306 e. The first-order chi connectivity index (χ1) is 7.14. The topological polar surface area (TPSA) is 3.24 Å². The van der Waals surface area contributed by atoms with Gasteiger partial charge in [0.05, 0.1) is 0 Å². The maximum Gasteiger partial charge on any atom is 0.01000 e. The molecule has 0 aromatic rings. The van der Waals surface area contributed by atoms with Gasteiger partial charge in [-0.15, -0.1) is 0 Å². The Morgan fingerprint density at radius 1 is 1.07 bits per heavy atom. The van der Waals surface area contributed by atoms with Gasteiger partial charge in [0.25, 0.3) is 0 Å². The van der Waals surface area contributed by atoms with Crippen molar-refractivity contribution in [1.82, 2.24) is 4.90 Å². The van der Waals surface area contributed by atoms with Crippen LogP contribution in [0, 0.1) is 5.41 Å². The van der Waals surface area contributed by atoms with Crippen LogP contribution in [0.1, 0.15) is 52.9 Å². The Morgan fingerprint density at radius 2 is 1.67 bits per heavy atom.